The summed E-state index contributed by atoms with van der Waals surface area (Å²) < 4.78 is 0. The van der Waals surface area contributed by atoms with E-state index in [-0.39, 0.29) is 18.4 Å². The zero-order chi connectivity index (χ0) is 11.0. The molecule has 0 aromatic heterocycles. The molecule has 0 fully saturated rings. The fourth-order valence-electron chi connectivity index (χ4n) is 1.15. The molecule has 4 nitrogen and oxygen atoms in total. The fourth-order valence-corrected chi connectivity index (χ4v) is 1.15. The van der Waals surface area contributed by atoms with Crippen molar-refractivity contribution in [1.29, 1.82) is 0 Å². The maximum Gasteiger partial charge on any atom is 0.225 e. The molecule has 0 aliphatic carbocycles. The van der Waals surface area contributed by atoms with Gasteiger partial charge in [0, 0.05) is 6.54 Å². The van der Waals surface area contributed by atoms with Crippen LogP contribution in [0.3, 0.4) is 0 Å². The maximum absolute atomic E-state index is 11.4. The SMILES string of the molecule is CCC(CO)C(=O)NCCCN(C)C. The Morgan fingerprint density at radius 1 is 1.50 bits per heavy atom. The van der Waals surface area contributed by atoms with Gasteiger partial charge in [-0.3, -0.25) is 4.79 Å². The van der Waals surface area contributed by atoms with Crippen LogP contribution in [0.15, 0.2) is 0 Å². The Morgan fingerprint density at radius 2 is 2.14 bits per heavy atom. The summed E-state index contributed by atoms with van der Waals surface area (Å²) in [6.07, 6.45) is 1.64. The molecule has 84 valence electrons. The van der Waals surface area contributed by atoms with Crippen LogP contribution in [0.2, 0.25) is 0 Å². The van der Waals surface area contributed by atoms with E-state index in [1.807, 2.05) is 21.0 Å². The van der Waals surface area contributed by atoms with Gasteiger partial charge in [0.2, 0.25) is 5.91 Å². The lowest BCUT2D eigenvalue weighted by Crippen LogP contribution is -2.34. The molecule has 0 aromatic rings. The summed E-state index contributed by atoms with van der Waals surface area (Å²) in [5.74, 6) is -0.275. The molecule has 0 aliphatic heterocycles. The average Bonchev–Trinajstić information content (AvgIpc) is 2.14. The van der Waals surface area contributed by atoms with Gasteiger partial charge in [-0.1, -0.05) is 6.92 Å². The Hall–Kier alpha value is -0.610. The minimum Gasteiger partial charge on any atom is -0.396 e. The summed E-state index contributed by atoms with van der Waals surface area (Å²) in [5, 5.41) is 11.7. The van der Waals surface area contributed by atoms with Crippen LogP contribution in [0.1, 0.15) is 19.8 Å². The first-order valence-electron chi connectivity index (χ1n) is 5.15. The molecule has 0 aliphatic rings. The van der Waals surface area contributed by atoms with Gasteiger partial charge >= 0.3 is 0 Å². The highest BCUT2D eigenvalue weighted by atomic mass is 16.3. The smallest absolute Gasteiger partial charge is 0.225 e. The quantitative estimate of drug-likeness (QED) is 0.575. The molecule has 1 atom stereocenters. The number of carbonyl (C=O) groups is 1. The predicted octanol–water partition coefficient (Wildman–Crippen LogP) is 0.0728. The highest BCUT2D eigenvalue weighted by Crippen LogP contribution is 2.00. The van der Waals surface area contributed by atoms with Crippen molar-refractivity contribution in [1.82, 2.24) is 10.2 Å². The van der Waals surface area contributed by atoms with Crippen LogP contribution in [-0.4, -0.2) is 49.7 Å². The molecular weight excluding hydrogens is 180 g/mol. The van der Waals surface area contributed by atoms with Crippen molar-refractivity contribution in [3.05, 3.63) is 0 Å². The standard InChI is InChI=1S/C10H22N2O2/c1-4-9(8-13)10(14)11-6-5-7-12(2)3/h9,13H,4-8H2,1-3H3,(H,11,14). The summed E-state index contributed by atoms with van der Waals surface area (Å²) >= 11 is 0. The first-order chi connectivity index (χ1) is 6.61. The topological polar surface area (TPSA) is 52.6 Å². The van der Waals surface area contributed by atoms with Gasteiger partial charge < -0.3 is 15.3 Å². The lowest BCUT2D eigenvalue weighted by Gasteiger charge is -2.13. The number of amides is 1. The molecule has 0 saturated carbocycles. The first-order valence-corrected chi connectivity index (χ1v) is 5.15. The molecule has 0 rings (SSSR count). The first kappa shape index (κ1) is 13.4. The Bertz CT molecular complexity index is 156. The van der Waals surface area contributed by atoms with E-state index in [1.165, 1.54) is 0 Å². The van der Waals surface area contributed by atoms with Crippen LogP contribution in [0, 0.1) is 5.92 Å². The van der Waals surface area contributed by atoms with Crippen LogP contribution in [0.25, 0.3) is 0 Å². The van der Waals surface area contributed by atoms with Crippen molar-refractivity contribution < 1.29 is 9.90 Å². The van der Waals surface area contributed by atoms with E-state index in [1.54, 1.807) is 0 Å². The van der Waals surface area contributed by atoms with E-state index in [2.05, 4.69) is 10.2 Å². The van der Waals surface area contributed by atoms with Crippen LogP contribution >= 0.6 is 0 Å². The lowest BCUT2D eigenvalue weighted by molar-refractivity contribution is -0.126. The van der Waals surface area contributed by atoms with E-state index in [0.29, 0.717) is 13.0 Å². The number of nitrogens with one attached hydrogen (secondary N) is 1. The Labute approximate surface area is 86.3 Å². The van der Waals surface area contributed by atoms with Gasteiger partial charge in [0.05, 0.1) is 12.5 Å². The van der Waals surface area contributed by atoms with Gasteiger partial charge in [-0.2, -0.15) is 0 Å². The van der Waals surface area contributed by atoms with Gasteiger partial charge in [-0.05, 0) is 33.5 Å². The Morgan fingerprint density at radius 3 is 2.57 bits per heavy atom. The minimum absolute atomic E-state index is 0.0336. The second kappa shape index (κ2) is 7.76. The Balaban J connectivity index is 3.52. The lowest BCUT2D eigenvalue weighted by atomic mass is 10.1. The van der Waals surface area contributed by atoms with Crippen molar-refractivity contribution in [2.45, 2.75) is 19.8 Å². The second-order valence-electron chi connectivity index (χ2n) is 3.74. The fraction of sp³-hybridized carbons (Fsp3) is 0.900. The Kier molecular flexibility index (Phi) is 7.42. The number of carbonyl (C=O) groups excluding carboxylic acids is 1. The molecule has 2 N–H and O–H groups in total. The molecule has 4 heteroatoms. The van der Waals surface area contributed by atoms with Crippen molar-refractivity contribution >= 4 is 5.91 Å². The summed E-state index contributed by atoms with van der Waals surface area (Å²) in [5.41, 5.74) is 0. The van der Waals surface area contributed by atoms with E-state index in [4.69, 9.17) is 5.11 Å². The third-order valence-electron chi connectivity index (χ3n) is 2.17. The predicted molar refractivity (Wildman–Crippen MR) is 57.0 cm³/mol. The molecular formula is C10H22N2O2. The maximum atomic E-state index is 11.4. The van der Waals surface area contributed by atoms with Gasteiger partial charge in [0.15, 0.2) is 0 Å². The third kappa shape index (κ3) is 5.94. The number of aliphatic hydroxyl groups is 1. The molecule has 0 aromatic carbocycles. The van der Waals surface area contributed by atoms with E-state index in [0.717, 1.165) is 13.0 Å². The van der Waals surface area contributed by atoms with E-state index < -0.39 is 0 Å². The van der Waals surface area contributed by atoms with Gasteiger partial charge in [0.25, 0.3) is 0 Å². The molecule has 0 radical (unpaired) electrons. The van der Waals surface area contributed by atoms with Crippen LogP contribution in [0.4, 0.5) is 0 Å². The van der Waals surface area contributed by atoms with Gasteiger partial charge in [0.1, 0.15) is 0 Å². The molecule has 1 amide bonds. The van der Waals surface area contributed by atoms with Gasteiger partial charge in [-0.25, -0.2) is 0 Å². The monoisotopic (exact) mass is 202 g/mol. The number of hydrogen-bond acceptors (Lipinski definition) is 3. The zero-order valence-electron chi connectivity index (χ0n) is 9.42. The van der Waals surface area contributed by atoms with Crippen LogP contribution in [-0.2, 0) is 4.79 Å². The van der Waals surface area contributed by atoms with Crippen LogP contribution in [0.5, 0.6) is 0 Å². The number of aliphatic hydroxyl groups excluding tert-OH is 1. The molecule has 0 heterocycles. The molecule has 0 bridgehead atoms. The van der Waals surface area contributed by atoms with E-state index in [9.17, 15) is 4.79 Å². The highest BCUT2D eigenvalue weighted by molar-refractivity contribution is 5.78. The molecule has 0 saturated heterocycles. The highest BCUT2D eigenvalue weighted by Gasteiger charge is 2.13. The number of nitrogens with zero attached hydrogens (tertiary/aromatic N) is 1. The number of hydrogen-bond donors (Lipinski definition) is 2. The molecule has 1 unspecified atom stereocenters. The summed E-state index contributed by atoms with van der Waals surface area (Å²) in [6, 6.07) is 0. The van der Waals surface area contributed by atoms with Crippen molar-refractivity contribution in [3.63, 3.8) is 0 Å². The zero-order valence-corrected chi connectivity index (χ0v) is 9.42. The van der Waals surface area contributed by atoms with Crippen molar-refractivity contribution in [2.75, 3.05) is 33.8 Å². The largest absolute Gasteiger partial charge is 0.396 e. The minimum atomic E-state index is -0.241. The summed E-state index contributed by atoms with van der Waals surface area (Å²) in [4.78, 5) is 13.4. The summed E-state index contributed by atoms with van der Waals surface area (Å²) in [7, 11) is 4.01. The summed E-state index contributed by atoms with van der Waals surface area (Å²) in [6.45, 7) is 3.50. The van der Waals surface area contributed by atoms with Gasteiger partial charge in [-0.15, -0.1) is 0 Å². The number of rotatable bonds is 7. The average molecular weight is 202 g/mol. The third-order valence-corrected chi connectivity index (χ3v) is 2.17. The van der Waals surface area contributed by atoms with E-state index >= 15 is 0 Å². The molecule has 0 spiro atoms. The van der Waals surface area contributed by atoms with Crippen LogP contribution < -0.4 is 5.32 Å². The second-order valence-corrected chi connectivity index (χ2v) is 3.74. The normalized spacial score (nSPS) is 12.9. The van der Waals surface area contributed by atoms with Crippen molar-refractivity contribution in [3.8, 4) is 0 Å². The molecule has 14 heavy (non-hydrogen) atoms. The van der Waals surface area contributed by atoms with Crippen molar-refractivity contribution in [2.24, 2.45) is 5.92 Å².